The van der Waals surface area contributed by atoms with Crippen LogP contribution >= 0.6 is 0 Å². The summed E-state index contributed by atoms with van der Waals surface area (Å²) in [5.74, 6) is 0. The first-order valence-corrected chi connectivity index (χ1v) is 19.6. The van der Waals surface area contributed by atoms with Gasteiger partial charge in [-0.3, -0.25) is 4.99 Å². The summed E-state index contributed by atoms with van der Waals surface area (Å²) in [6.07, 6.45) is 17.1. The van der Waals surface area contributed by atoms with Crippen molar-refractivity contribution >= 4 is 17.1 Å². The number of allylic oxidation sites excluding steroid dienone is 2. The molecule has 2 heterocycles. The van der Waals surface area contributed by atoms with Crippen molar-refractivity contribution in [1.82, 2.24) is 4.98 Å². The zero-order valence-corrected chi connectivity index (χ0v) is 35.0. The molecule has 0 radical (unpaired) electrons. The number of hydrogen-bond acceptors (Lipinski definition) is 1. The Labute approximate surface area is 314 Å². The number of nitrogens with zero attached hydrogens (tertiary/aromatic N) is 1. The third kappa shape index (κ3) is 21.5. The fourth-order valence-corrected chi connectivity index (χ4v) is 5.37. The van der Waals surface area contributed by atoms with Crippen molar-refractivity contribution < 1.29 is 0 Å². The van der Waals surface area contributed by atoms with Crippen LogP contribution in [0.3, 0.4) is 0 Å². The van der Waals surface area contributed by atoms with Crippen molar-refractivity contribution in [2.75, 3.05) is 0 Å². The van der Waals surface area contributed by atoms with Crippen LogP contribution in [0.5, 0.6) is 0 Å². The predicted octanol–water partition coefficient (Wildman–Crippen LogP) is 15.0. The van der Waals surface area contributed by atoms with E-state index in [1.165, 1.54) is 77.4 Å². The van der Waals surface area contributed by atoms with Crippen LogP contribution in [-0.2, 0) is 19.3 Å². The van der Waals surface area contributed by atoms with Gasteiger partial charge in [-0.05, 0) is 103 Å². The standard InChI is InChI=1S/C14H19N.C13H20.C12H18.C10H17N/c1-14(2,3)9-8-11-10-15-13-7-5-4-6-12(11)13;1-11-5-7-12(8-6-11)9-10-13(2,3)4;1-12(2,3)10-9-11-7-5-4-6-8-11;1-10(2,3)7-6-9-5-4-8-11-9/h4-7,10,15H,8-9H2,1-3H3;5-8H,9-10H2,1-4H3;4-8H,9-10H2,1-3H3;5,8H,4,6-7H2,1-3H3. The minimum Gasteiger partial charge on any atom is -0.361 e. The molecule has 280 valence electrons. The van der Waals surface area contributed by atoms with Crippen molar-refractivity contribution in [2.24, 2.45) is 26.7 Å². The molecule has 0 unspecified atom stereocenters. The molecule has 2 nitrogen and oxygen atoms in total. The lowest BCUT2D eigenvalue weighted by Crippen LogP contribution is -2.06. The number of para-hydroxylation sites is 1. The molecular weight excluding hydrogens is 617 g/mol. The van der Waals surface area contributed by atoms with Gasteiger partial charge in [0.1, 0.15) is 0 Å². The topological polar surface area (TPSA) is 28.1 Å². The van der Waals surface area contributed by atoms with Crippen LogP contribution in [0.2, 0.25) is 0 Å². The fourth-order valence-electron chi connectivity index (χ4n) is 5.37. The Balaban J connectivity index is 0.000000237. The molecule has 0 spiro atoms. The van der Waals surface area contributed by atoms with E-state index in [0.717, 1.165) is 19.3 Å². The van der Waals surface area contributed by atoms with E-state index in [0.29, 0.717) is 21.7 Å². The summed E-state index contributed by atoms with van der Waals surface area (Å²) in [5, 5.41) is 1.38. The second-order valence-electron chi connectivity index (χ2n) is 19.3. The van der Waals surface area contributed by atoms with Gasteiger partial charge < -0.3 is 4.98 Å². The Morgan fingerprint density at radius 3 is 1.51 bits per heavy atom. The number of aryl methyl sites for hydroxylation is 4. The van der Waals surface area contributed by atoms with Gasteiger partial charge in [0, 0.05) is 35.4 Å². The van der Waals surface area contributed by atoms with Gasteiger partial charge in [0.25, 0.3) is 0 Å². The van der Waals surface area contributed by atoms with Crippen molar-refractivity contribution in [1.29, 1.82) is 0 Å². The van der Waals surface area contributed by atoms with Crippen molar-refractivity contribution in [2.45, 2.75) is 148 Å². The van der Waals surface area contributed by atoms with Gasteiger partial charge in [0.15, 0.2) is 0 Å². The molecule has 4 aromatic rings. The molecular formula is C49H74N2. The lowest BCUT2D eigenvalue weighted by atomic mass is 9.88. The molecule has 1 aromatic heterocycles. The highest BCUT2D eigenvalue weighted by Crippen LogP contribution is 2.26. The summed E-state index contributed by atoms with van der Waals surface area (Å²) in [4.78, 5) is 7.60. The maximum absolute atomic E-state index is 4.27. The Morgan fingerprint density at radius 2 is 1.00 bits per heavy atom. The molecule has 1 aliphatic rings. The molecule has 0 atom stereocenters. The Kier molecular flexibility index (Phi) is 17.7. The monoisotopic (exact) mass is 691 g/mol. The average molecular weight is 691 g/mol. The summed E-state index contributed by atoms with van der Waals surface area (Å²) in [5.41, 5.74) is 9.99. The minimum atomic E-state index is 0.415. The van der Waals surface area contributed by atoms with E-state index in [-0.39, 0.29) is 0 Å². The number of H-pyrrole nitrogens is 1. The van der Waals surface area contributed by atoms with Gasteiger partial charge in [-0.15, -0.1) is 0 Å². The van der Waals surface area contributed by atoms with Crippen LogP contribution in [0.15, 0.2) is 102 Å². The maximum Gasteiger partial charge on any atom is 0.0456 e. The lowest BCUT2D eigenvalue weighted by Gasteiger charge is -2.17. The largest absolute Gasteiger partial charge is 0.361 e. The molecule has 3 aromatic carbocycles. The van der Waals surface area contributed by atoms with Crippen molar-refractivity contribution in [3.63, 3.8) is 0 Å². The number of rotatable bonds is 8. The molecule has 0 fully saturated rings. The Hall–Kier alpha value is -3.39. The third-order valence-corrected chi connectivity index (χ3v) is 8.96. The molecule has 5 rings (SSSR count). The van der Waals surface area contributed by atoms with Gasteiger partial charge >= 0.3 is 0 Å². The summed E-state index contributed by atoms with van der Waals surface area (Å²) in [7, 11) is 0. The number of hydrogen-bond donors (Lipinski definition) is 1. The SMILES string of the molecule is CC(C)(C)CCC1=CCC=N1.CC(C)(C)CCc1c[nH]c2ccccc12.CC(C)(C)CCc1ccccc1.Cc1ccc(CCC(C)(C)C)cc1. The van der Waals surface area contributed by atoms with Gasteiger partial charge in [0.2, 0.25) is 0 Å². The van der Waals surface area contributed by atoms with Crippen LogP contribution in [-0.4, -0.2) is 11.2 Å². The van der Waals surface area contributed by atoms with Crippen molar-refractivity contribution in [3.8, 4) is 0 Å². The number of aromatic nitrogens is 1. The molecule has 0 amide bonds. The van der Waals surface area contributed by atoms with E-state index in [1.54, 1.807) is 0 Å². The van der Waals surface area contributed by atoms with Crippen LogP contribution in [0, 0.1) is 28.6 Å². The molecule has 1 N–H and O–H groups in total. The fraction of sp³-hybridized carbons (Fsp3) is 0.531. The normalized spacial score (nSPS) is 13.0. The number of benzene rings is 3. The van der Waals surface area contributed by atoms with Gasteiger partial charge in [0.05, 0.1) is 0 Å². The van der Waals surface area contributed by atoms with Crippen LogP contribution < -0.4 is 0 Å². The average Bonchev–Trinajstić information content (AvgIpc) is 3.72. The van der Waals surface area contributed by atoms with Gasteiger partial charge in [-0.1, -0.05) is 168 Å². The minimum absolute atomic E-state index is 0.415. The summed E-state index contributed by atoms with van der Waals surface area (Å²) in [6, 6.07) is 28.1. The molecule has 0 saturated carbocycles. The number of nitrogens with one attached hydrogen (secondary N) is 1. The molecule has 2 heteroatoms. The van der Waals surface area contributed by atoms with Crippen LogP contribution in [0.1, 0.15) is 144 Å². The van der Waals surface area contributed by atoms with E-state index in [2.05, 4.69) is 191 Å². The predicted molar refractivity (Wildman–Crippen MR) is 229 cm³/mol. The smallest absolute Gasteiger partial charge is 0.0456 e. The summed E-state index contributed by atoms with van der Waals surface area (Å²) in [6.45, 7) is 29.6. The van der Waals surface area contributed by atoms with Crippen molar-refractivity contribution in [3.05, 3.63) is 119 Å². The van der Waals surface area contributed by atoms with Crippen LogP contribution in [0.4, 0.5) is 0 Å². The number of aromatic amines is 1. The van der Waals surface area contributed by atoms with E-state index in [1.807, 2.05) is 6.21 Å². The zero-order valence-electron chi connectivity index (χ0n) is 35.0. The first-order valence-electron chi connectivity index (χ1n) is 19.6. The first-order chi connectivity index (χ1) is 23.7. The molecule has 0 saturated heterocycles. The van der Waals surface area contributed by atoms with Crippen LogP contribution in [0.25, 0.3) is 10.9 Å². The Morgan fingerprint density at radius 1 is 0.529 bits per heavy atom. The van der Waals surface area contributed by atoms with E-state index >= 15 is 0 Å². The summed E-state index contributed by atoms with van der Waals surface area (Å²) >= 11 is 0. The van der Waals surface area contributed by atoms with Gasteiger partial charge in [-0.25, -0.2) is 0 Å². The highest BCUT2D eigenvalue weighted by molar-refractivity contribution is 5.83. The zero-order chi connectivity index (χ0) is 38.1. The van der Waals surface area contributed by atoms with E-state index in [4.69, 9.17) is 0 Å². The second-order valence-corrected chi connectivity index (χ2v) is 19.3. The maximum atomic E-state index is 4.27. The quantitative estimate of drug-likeness (QED) is 0.191. The molecule has 1 aliphatic heterocycles. The summed E-state index contributed by atoms with van der Waals surface area (Å²) < 4.78 is 0. The van der Waals surface area contributed by atoms with E-state index in [9.17, 15) is 0 Å². The second kappa shape index (κ2) is 20.6. The third-order valence-electron chi connectivity index (χ3n) is 8.96. The highest BCUT2D eigenvalue weighted by atomic mass is 14.7. The molecule has 0 bridgehead atoms. The molecule has 0 aliphatic carbocycles. The first kappa shape index (κ1) is 43.8. The van der Waals surface area contributed by atoms with Gasteiger partial charge in [-0.2, -0.15) is 0 Å². The Bertz CT molecular complexity index is 1570. The molecule has 51 heavy (non-hydrogen) atoms. The number of fused-ring (bicyclic) bond motifs is 1. The lowest BCUT2D eigenvalue weighted by molar-refractivity contribution is 0.377. The van der Waals surface area contributed by atoms with E-state index < -0.39 is 0 Å². The highest BCUT2D eigenvalue weighted by Gasteiger charge is 2.13. The number of aliphatic imine (C=N–C) groups is 1.